The summed E-state index contributed by atoms with van der Waals surface area (Å²) < 4.78 is 5.17. The zero-order valence-electron chi connectivity index (χ0n) is 16.0. The minimum Gasteiger partial charge on any atom is -0.455 e. The molecule has 3 rings (SSSR count). The summed E-state index contributed by atoms with van der Waals surface area (Å²) in [6, 6.07) is 9.22. The molecule has 7 nitrogen and oxygen atoms in total. The Morgan fingerprint density at radius 3 is 2.68 bits per heavy atom. The van der Waals surface area contributed by atoms with E-state index < -0.39 is 5.97 Å². The van der Waals surface area contributed by atoms with Crippen LogP contribution in [-0.4, -0.2) is 42.0 Å². The summed E-state index contributed by atoms with van der Waals surface area (Å²) in [6.45, 7) is 4.15. The van der Waals surface area contributed by atoms with Crippen molar-refractivity contribution in [2.45, 2.75) is 39.2 Å². The van der Waals surface area contributed by atoms with Crippen LogP contribution in [0.1, 0.15) is 32.4 Å². The molecule has 0 aliphatic carbocycles. The molecule has 8 heteroatoms. The standard InChI is InChI=1S/C20H23N3O4S/c1-14(2)23(16-7-4-3-5-8-16)18(25)12-27-19(26)11-15-13-28-20(21-15)22-10-6-9-17(22)24/h3-5,7-8,13-14H,6,9-12H2,1-2H3. The highest BCUT2D eigenvalue weighted by Gasteiger charge is 2.25. The van der Waals surface area contributed by atoms with E-state index in [-0.39, 0.29) is 30.9 Å². The van der Waals surface area contributed by atoms with Crippen LogP contribution in [-0.2, 0) is 25.5 Å². The number of hydrogen-bond acceptors (Lipinski definition) is 6. The summed E-state index contributed by atoms with van der Waals surface area (Å²) in [5.74, 6) is -0.741. The third-order valence-electron chi connectivity index (χ3n) is 4.35. The van der Waals surface area contributed by atoms with E-state index in [1.807, 2.05) is 44.2 Å². The fourth-order valence-corrected chi connectivity index (χ4v) is 3.95. The summed E-state index contributed by atoms with van der Waals surface area (Å²) in [5.41, 5.74) is 1.30. The molecular weight excluding hydrogens is 378 g/mol. The number of hydrogen-bond donors (Lipinski definition) is 0. The van der Waals surface area contributed by atoms with E-state index in [1.165, 1.54) is 11.3 Å². The van der Waals surface area contributed by atoms with E-state index in [9.17, 15) is 14.4 Å². The minimum atomic E-state index is -0.519. The van der Waals surface area contributed by atoms with E-state index in [0.29, 0.717) is 23.8 Å². The Balaban J connectivity index is 1.54. The van der Waals surface area contributed by atoms with E-state index in [1.54, 1.807) is 15.2 Å². The SMILES string of the molecule is CC(C)N(C(=O)COC(=O)Cc1csc(N2CCCC2=O)n1)c1ccccc1. The lowest BCUT2D eigenvalue weighted by molar-refractivity contribution is -0.147. The van der Waals surface area contributed by atoms with Gasteiger partial charge in [0.2, 0.25) is 5.91 Å². The molecule has 1 aliphatic rings. The number of thiazole rings is 1. The van der Waals surface area contributed by atoms with Gasteiger partial charge in [0.15, 0.2) is 11.7 Å². The monoisotopic (exact) mass is 401 g/mol. The van der Waals surface area contributed by atoms with E-state index in [4.69, 9.17) is 4.74 Å². The number of aromatic nitrogens is 1. The summed E-state index contributed by atoms with van der Waals surface area (Å²) in [5, 5.41) is 2.35. The maximum absolute atomic E-state index is 12.5. The largest absolute Gasteiger partial charge is 0.455 e. The highest BCUT2D eigenvalue weighted by Crippen LogP contribution is 2.25. The Kier molecular flexibility index (Phi) is 6.41. The summed E-state index contributed by atoms with van der Waals surface area (Å²) in [4.78, 5) is 44.1. The molecule has 1 aliphatic heterocycles. The number of rotatable bonds is 7. The van der Waals surface area contributed by atoms with Crippen molar-refractivity contribution in [3.8, 4) is 0 Å². The van der Waals surface area contributed by atoms with Gasteiger partial charge in [-0.1, -0.05) is 18.2 Å². The molecule has 0 spiro atoms. The summed E-state index contributed by atoms with van der Waals surface area (Å²) in [7, 11) is 0. The number of benzene rings is 1. The van der Waals surface area contributed by atoms with Crippen LogP contribution in [0.3, 0.4) is 0 Å². The lowest BCUT2D eigenvalue weighted by Crippen LogP contribution is -2.40. The number of para-hydroxylation sites is 1. The average Bonchev–Trinajstić information content (AvgIpc) is 3.29. The predicted molar refractivity (Wildman–Crippen MR) is 107 cm³/mol. The van der Waals surface area contributed by atoms with Crippen LogP contribution >= 0.6 is 11.3 Å². The van der Waals surface area contributed by atoms with E-state index >= 15 is 0 Å². The highest BCUT2D eigenvalue weighted by atomic mass is 32.1. The predicted octanol–water partition coefficient (Wildman–Crippen LogP) is 2.80. The van der Waals surface area contributed by atoms with Gasteiger partial charge in [-0.25, -0.2) is 4.98 Å². The maximum atomic E-state index is 12.5. The van der Waals surface area contributed by atoms with Crippen LogP contribution in [0.4, 0.5) is 10.8 Å². The lowest BCUT2D eigenvalue weighted by Gasteiger charge is -2.26. The average molecular weight is 401 g/mol. The quantitative estimate of drug-likeness (QED) is 0.667. The zero-order chi connectivity index (χ0) is 20.1. The number of amides is 2. The van der Waals surface area contributed by atoms with E-state index in [0.717, 1.165) is 12.1 Å². The van der Waals surface area contributed by atoms with Crippen molar-refractivity contribution in [2.75, 3.05) is 23.0 Å². The molecule has 2 aromatic rings. The number of anilines is 2. The van der Waals surface area contributed by atoms with Crippen LogP contribution in [0.25, 0.3) is 0 Å². The lowest BCUT2D eigenvalue weighted by atomic mass is 10.2. The second-order valence-electron chi connectivity index (χ2n) is 6.80. The Morgan fingerprint density at radius 1 is 1.29 bits per heavy atom. The van der Waals surface area contributed by atoms with Gasteiger partial charge >= 0.3 is 5.97 Å². The van der Waals surface area contributed by atoms with Crippen molar-refractivity contribution in [1.82, 2.24) is 4.98 Å². The van der Waals surface area contributed by atoms with Crippen LogP contribution < -0.4 is 9.80 Å². The number of esters is 1. The van der Waals surface area contributed by atoms with Crippen LogP contribution in [0.5, 0.6) is 0 Å². The number of carbonyl (C=O) groups excluding carboxylic acids is 3. The molecule has 0 saturated carbocycles. The Bertz CT molecular complexity index is 850. The Hall–Kier alpha value is -2.74. The third kappa shape index (κ3) is 4.75. The van der Waals surface area contributed by atoms with Gasteiger partial charge in [-0.05, 0) is 32.4 Å². The summed E-state index contributed by atoms with van der Waals surface area (Å²) in [6.07, 6.45) is 1.33. The molecular formula is C20H23N3O4S. The molecule has 28 heavy (non-hydrogen) atoms. The van der Waals surface area contributed by atoms with Crippen molar-refractivity contribution in [2.24, 2.45) is 0 Å². The molecule has 148 valence electrons. The van der Waals surface area contributed by atoms with Crippen LogP contribution in [0.2, 0.25) is 0 Å². The first-order valence-corrected chi connectivity index (χ1v) is 10.1. The molecule has 0 N–H and O–H groups in total. The van der Waals surface area contributed by atoms with Gasteiger partial charge in [-0.2, -0.15) is 0 Å². The minimum absolute atomic E-state index is 0.0289. The van der Waals surface area contributed by atoms with Gasteiger partial charge in [0.25, 0.3) is 5.91 Å². The van der Waals surface area contributed by atoms with Crippen molar-refractivity contribution >= 4 is 39.9 Å². The molecule has 0 atom stereocenters. The Labute approximate surface area is 167 Å². The smallest absolute Gasteiger partial charge is 0.312 e. The first-order valence-electron chi connectivity index (χ1n) is 9.23. The maximum Gasteiger partial charge on any atom is 0.312 e. The van der Waals surface area contributed by atoms with Crippen LogP contribution in [0.15, 0.2) is 35.7 Å². The fourth-order valence-electron chi connectivity index (χ4n) is 3.08. The summed E-state index contributed by atoms with van der Waals surface area (Å²) >= 11 is 1.33. The fraction of sp³-hybridized carbons (Fsp3) is 0.400. The number of ether oxygens (including phenoxy) is 1. The topological polar surface area (TPSA) is 79.8 Å². The van der Waals surface area contributed by atoms with Gasteiger partial charge in [0, 0.05) is 30.1 Å². The number of carbonyl (C=O) groups is 3. The molecule has 2 heterocycles. The second kappa shape index (κ2) is 8.97. The van der Waals surface area contributed by atoms with E-state index in [2.05, 4.69) is 4.98 Å². The molecule has 1 saturated heterocycles. The van der Waals surface area contributed by atoms with Gasteiger partial charge in [0.1, 0.15) is 0 Å². The highest BCUT2D eigenvalue weighted by molar-refractivity contribution is 7.14. The molecule has 1 fully saturated rings. The third-order valence-corrected chi connectivity index (χ3v) is 5.26. The van der Waals surface area contributed by atoms with Gasteiger partial charge in [-0.3, -0.25) is 19.3 Å². The van der Waals surface area contributed by atoms with Gasteiger partial charge in [-0.15, -0.1) is 11.3 Å². The second-order valence-corrected chi connectivity index (χ2v) is 7.64. The number of nitrogens with zero attached hydrogens (tertiary/aromatic N) is 3. The first kappa shape index (κ1) is 20.0. The zero-order valence-corrected chi connectivity index (χ0v) is 16.8. The van der Waals surface area contributed by atoms with Gasteiger partial charge < -0.3 is 9.64 Å². The van der Waals surface area contributed by atoms with Crippen LogP contribution in [0, 0.1) is 0 Å². The molecule has 2 amide bonds. The first-order chi connectivity index (χ1) is 13.5. The molecule has 1 aromatic heterocycles. The van der Waals surface area contributed by atoms with Crippen molar-refractivity contribution < 1.29 is 19.1 Å². The molecule has 1 aromatic carbocycles. The Morgan fingerprint density at radius 2 is 2.04 bits per heavy atom. The van der Waals surface area contributed by atoms with Crippen molar-refractivity contribution in [3.63, 3.8) is 0 Å². The normalized spacial score (nSPS) is 13.8. The molecule has 0 bridgehead atoms. The molecule has 0 radical (unpaired) electrons. The van der Waals surface area contributed by atoms with Gasteiger partial charge in [0.05, 0.1) is 12.1 Å². The molecule has 0 unspecified atom stereocenters. The van der Waals surface area contributed by atoms with Crippen molar-refractivity contribution in [3.05, 3.63) is 41.4 Å². The van der Waals surface area contributed by atoms with Crippen molar-refractivity contribution in [1.29, 1.82) is 0 Å².